The van der Waals surface area contributed by atoms with Crippen LogP contribution < -0.4 is 10.7 Å². The molecule has 2 aromatic carbocycles. The molecule has 0 saturated carbocycles. The summed E-state index contributed by atoms with van der Waals surface area (Å²) >= 11 is 5.90. The summed E-state index contributed by atoms with van der Waals surface area (Å²) in [6, 6.07) is 9.51. The molecule has 0 atom stereocenters. The third-order valence-corrected chi connectivity index (χ3v) is 3.44. The van der Waals surface area contributed by atoms with Crippen LogP contribution in [0.15, 0.2) is 47.6 Å². The number of nitro benzene ring substituents is 2. The lowest BCUT2D eigenvalue weighted by Crippen LogP contribution is -2.25. The van der Waals surface area contributed by atoms with E-state index in [0.29, 0.717) is 5.69 Å². The summed E-state index contributed by atoms with van der Waals surface area (Å²) in [7, 11) is 0. The fraction of sp³-hybridized carbons (Fsp3) is 0.0667. The highest BCUT2D eigenvalue weighted by molar-refractivity contribution is 6.33. The lowest BCUT2D eigenvalue weighted by molar-refractivity contribution is -0.385. The topological polar surface area (TPSA) is 140 Å². The van der Waals surface area contributed by atoms with Gasteiger partial charge in [-0.15, -0.1) is 0 Å². The van der Waals surface area contributed by atoms with E-state index >= 15 is 0 Å². The van der Waals surface area contributed by atoms with Crippen LogP contribution in [0.2, 0.25) is 5.02 Å². The first-order valence-corrected chi connectivity index (χ1v) is 7.49. The Hall–Kier alpha value is -3.53. The van der Waals surface area contributed by atoms with Gasteiger partial charge >= 0.3 is 0 Å². The highest BCUT2D eigenvalue weighted by atomic mass is 35.5. The summed E-state index contributed by atoms with van der Waals surface area (Å²) in [5, 5.41) is 28.1. The SMILES string of the molecule is O=C(CNc1cccc([N+](=O)[O-])c1)NN=Cc1cc([N+](=O)[O-])ccc1Cl. The van der Waals surface area contributed by atoms with Crippen molar-refractivity contribution in [3.63, 3.8) is 0 Å². The zero-order chi connectivity index (χ0) is 19.1. The number of nitrogens with one attached hydrogen (secondary N) is 2. The number of non-ortho nitro benzene ring substituents is 2. The van der Waals surface area contributed by atoms with Crippen LogP contribution in [-0.4, -0.2) is 28.5 Å². The number of anilines is 1. The predicted octanol–water partition coefficient (Wildman–Crippen LogP) is 2.72. The molecule has 1 amide bonds. The summed E-state index contributed by atoms with van der Waals surface area (Å²) < 4.78 is 0. The molecule has 0 spiro atoms. The second-order valence-electron chi connectivity index (χ2n) is 4.92. The number of rotatable bonds is 7. The van der Waals surface area contributed by atoms with Gasteiger partial charge in [0.05, 0.1) is 22.6 Å². The summed E-state index contributed by atoms with van der Waals surface area (Å²) in [6.45, 7) is -0.179. The molecule has 0 aliphatic carbocycles. The van der Waals surface area contributed by atoms with Gasteiger partial charge in [-0.3, -0.25) is 25.0 Å². The van der Waals surface area contributed by atoms with Crippen LogP contribution in [0.1, 0.15) is 5.56 Å². The first-order chi connectivity index (χ1) is 12.4. The Morgan fingerprint density at radius 1 is 1.12 bits per heavy atom. The van der Waals surface area contributed by atoms with Gasteiger partial charge in [-0.25, -0.2) is 5.43 Å². The number of hydrogen-bond donors (Lipinski definition) is 2. The van der Waals surface area contributed by atoms with E-state index in [4.69, 9.17) is 11.6 Å². The fourth-order valence-corrected chi connectivity index (χ4v) is 2.04. The number of carbonyl (C=O) groups is 1. The van der Waals surface area contributed by atoms with Crippen molar-refractivity contribution in [2.24, 2.45) is 5.10 Å². The van der Waals surface area contributed by atoms with E-state index in [9.17, 15) is 25.0 Å². The second kappa shape index (κ2) is 8.53. The van der Waals surface area contributed by atoms with Gasteiger partial charge in [0.2, 0.25) is 0 Å². The zero-order valence-corrected chi connectivity index (χ0v) is 13.8. The van der Waals surface area contributed by atoms with Crippen LogP contribution in [0.4, 0.5) is 17.1 Å². The molecular formula is C15H12ClN5O5. The smallest absolute Gasteiger partial charge is 0.271 e. The van der Waals surface area contributed by atoms with E-state index in [1.807, 2.05) is 0 Å². The van der Waals surface area contributed by atoms with Crippen LogP contribution in [0.25, 0.3) is 0 Å². The summed E-state index contributed by atoms with van der Waals surface area (Å²) in [5.74, 6) is -0.519. The predicted molar refractivity (Wildman–Crippen MR) is 95.4 cm³/mol. The van der Waals surface area contributed by atoms with Crippen LogP contribution in [-0.2, 0) is 4.79 Å². The van der Waals surface area contributed by atoms with Gasteiger partial charge in [0.1, 0.15) is 0 Å². The van der Waals surface area contributed by atoms with Gasteiger partial charge in [-0.2, -0.15) is 5.10 Å². The molecule has 11 heteroatoms. The normalized spacial score (nSPS) is 10.5. The number of carbonyl (C=O) groups excluding carboxylic acids is 1. The van der Waals surface area contributed by atoms with Crippen LogP contribution in [0.5, 0.6) is 0 Å². The Bertz CT molecular complexity index is 886. The third-order valence-electron chi connectivity index (χ3n) is 3.09. The number of benzene rings is 2. The Morgan fingerprint density at radius 3 is 2.50 bits per heavy atom. The summed E-state index contributed by atoms with van der Waals surface area (Å²) in [6.07, 6.45) is 1.18. The number of amides is 1. The molecule has 0 aliphatic rings. The monoisotopic (exact) mass is 377 g/mol. The van der Waals surface area contributed by atoms with Gasteiger partial charge in [0.25, 0.3) is 17.3 Å². The minimum atomic E-state index is -0.574. The molecule has 0 heterocycles. The Balaban J connectivity index is 1.92. The molecule has 2 N–H and O–H groups in total. The number of hydrogen-bond acceptors (Lipinski definition) is 7. The molecule has 2 rings (SSSR count). The fourth-order valence-electron chi connectivity index (χ4n) is 1.87. The summed E-state index contributed by atoms with van der Waals surface area (Å²) in [4.78, 5) is 32.0. The van der Waals surface area contributed by atoms with Gasteiger partial charge < -0.3 is 5.32 Å². The molecule has 0 saturated heterocycles. The molecule has 0 aromatic heterocycles. The second-order valence-corrected chi connectivity index (χ2v) is 5.32. The van der Waals surface area contributed by atoms with Crippen LogP contribution >= 0.6 is 11.6 Å². The summed E-state index contributed by atoms with van der Waals surface area (Å²) in [5.41, 5.74) is 2.63. The minimum Gasteiger partial charge on any atom is -0.376 e. The van der Waals surface area contributed by atoms with E-state index < -0.39 is 15.8 Å². The quantitative estimate of drug-likeness (QED) is 0.432. The first kappa shape index (κ1) is 18.8. The molecule has 134 valence electrons. The maximum atomic E-state index is 11.7. The number of hydrazone groups is 1. The van der Waals surface area contributed by atoms with E-state index in [1.54, 1.807) is 6.07 Å². The van der Waals surface area contributed by atoms with Crippen molar-refractivity contribution in [2.45, 2.75) is 0 Å². The standard InChI is InChI=1S/C15H12ClN5O5/c16-14-5-4-13(21(25)26)6-10(14)8-18-19-15(22)9-17-11-2-1-3-12(7-11)20(23)24/h1-8,17H,9H2,(H,19,22). The molecular weight excluding hydrogens is 366 g/mol. The average Bonchev–Trinajstić information content (AvgIpc) is 2.61. The molecule has 0 bridgehead atoms. The zero-order valence-electron chi connectivity index (χ0n) is 13.1. The van der Waals surface area contributed by atoms with Crippen LogP contribution in [0, 0.1) is 20.2 Å². The Kier molecular flexibility index (Phi) is 6.17. The number of nitrogens with zero attached hydrogens (tertiary/aromatic N) is 3. The molecule has 0 aliphatic heterocycles. The highest BCUT2D eigenvalue weighted by Gasteiger charge is 2.09. The van der Waals surface area contributed by atoms with Gasteiger partial charge in [0.15, 0.2) is 0 Å². The van der Waals surface area contributed by atoms with Crippen molar-refractivity contribution in [3.05, 3.63) is 73.3 Å². The van der Waals surface area contributed by atoms with Gasteiger partial charge in [0, 0.05) is 40.5 Å². The lowest BCUT2D eigenvalue weighted by atomic mass is 10.2. The van der Waals surface area contributed by atoms with E-state index in [-0.39, 0.29) is 28.5 Å². The number of halogens is 1. The van der Waals surface area contributed by atoms with Crippen molar-refractivity contribution in [1.29, 1.82) is 0 Å². The van der Waals surface area contributed by atoms with E-state index in [2.05, 4.69) is 15.8 Å². The van der Waals surface area contributed by atoms with Crippen molar-refractivity contribution in [2.75, 3.05) is 11.9 Å². The lowest BCUT2D eigenvalue weighted by Gasteiger charge is -2.05. The maximum Gasteiger partial charge on any atom is 0.271 e. The van der Waals surface area contributed by atoms with Crippen LogP contribution in [0.3, 0.4) is 0 Å². The van der Waals surface area contributed by atoms with E-state index in [0.717, 1.165) is 0 Å². The third kappa shape index (κ3) is 5.24. The maximum absolute atomic E-state index is 11.7. The first-order valence-electron chi connectivity index (χ1n) is 7.11. The van der Waals surface area contributed by atoms with Gasteiger partial charge in [-0.05, 0) is 12.1 Å². The average molecular weight is 378 g/mol. The largest absolute Gasteiger partial charge is 0.376 e. The molecule has 0 fully saturated rings. The van der Waals surface area contributed by atoms with Gasteiger partial charge in [-0.1, -0.05) is 17.7 Å². The molecule has 2 aromatic rings. The van der Waals surface area contributed by atoms with E-state index in [1.165, 1.54) is 42.6 Å². The molecule has 0 unspecified atom stereocenters. The molecule has 10 nitrogen and oxygen atoms in total. The molecule has 26 heavy (non-hydrogen) atoms. The number of nitro groups is 2. The Labute approximate surface area is 151 Å². The Morgan fingerprint density at radius 2 is 1.81 bits per heavy atom. The van der Waals surface area contributed by atoms with Crippen molar-refractivity contribution in [1.82, 2.24) is 5.43 Å². The highest BCUT2D eigenvalue weighted by Crippen LogP contribution is 2.20. The minimum absolute atomic E-state index is 0.103. The molecule has 0 radical (unpaired) electrons. The van der Waals surface area contributed by atoms with Crippen molar-refractivity contribution < 1.29 is 14.6 Å². The van der Waals surface area contributed by atoms with Crippen molar-refractivity contribution >= 4 is 40.8 Å². The van der Waals surface area contributed by atoms with Crippen molar-refractivity contribution in [3.8, 4) is 0 Å².